The zero-order chi connectivity index (χ0) is 26.2. The average molecular weight is 480 g/mol. The highest BCUT2D eigenvalue weighted by Gasteiger charge is 2.38. The molecule has 0 radical (unpaired) electrons. The van der Waals surface area contributed by atoms with Crippen molar-refractivity contribution in [1.82, 2.24) is 5.32 Å². The first-order valence-electron chi connectivity index (χ1n) is 11.9. The number of amides is 3. The molecule has 2 aromatic carbocycles. The van der Waals surface area contributed by atoms with E-state index in [4.69, 9.17) is 10.5 Å². The van der Waals surface area contributed by atoms with Crippen molar-refractivity contribution in [3.8, 4) is 0 Å². The maximum atomic E-state index is 13.4. The fourth-order valence-electron chi connectivity index (χ4n) is 4.44. The predicted octanol–water partition coefficient (Wildman–Crippen LogP) is 5.34. The Morgan fingerprint density at radius 3 is 2.03 bits per heavy atom. The summed E-state index contributed by atoms with van der Waals surface area (Å²) < 4.78 is 5.44. The summed E-state index contributed by atoms with van der Waals surface area (Å²) in [5.74, 6) is -0.970. The lowest BCUT2D eigenvalue weighted by molar-refractivity contribution is -0.118. The van der Waals surface area contributed by atoms with Crippen LogP contribution >= 0.6 is 0 Å². The second-order valence-electron chi connectivity index (χ2n) is 11.6. The number of nitrogens with two attached hydrogens (primary N) is 1. The minimum absolute atomic E-state index is 0.0297. The number of ether oxygens (including phenoxy) is 1. The summed E-state index contributed by atoms with van der Waals surface area (Å²) >= 11 is 0. The molecule has 1 aliphatic rings. The summed E-state index contributed by atoms with van der Waals surface area (Å²) in [7, 11) is 0. The molecule has 0 aromatic heterocycles. The number of rotatable bonds is 5. The van der Waals surface area contributed by atoms with Crippen LogP contribution in [-0.2, 0) is 20.4 Å². The third-order valence-corrected chi connectivity index (χ3v) is 6.57. The number of anilines is 1. The summed E-state index contributed by atoms with van der Waals surface area (Å²) in [5, 5.41) is 5.58. The van der Waals surface area contributed by atoms with Crippen LogP contribution in [0.1, 0.15) is 94.4 Å². The smallest absolute Gasteiger partial charge is 0.408 e. The number of primary amides is 1. The summed E-state index contributed by atoms with van der Waals surface area (Å²) in [4.78, 5) is 37.4. The van der Waals surface area contributed by atoms with E-state index in [1.807, 2.05) is 12.1 Å². The molecule has 4 N–H and O–H groups in total. The standard InChI is InChI=1S/C28H37N3O4/c1-26(2,3)35-25(34)31-22(24(33)30-19-11-8-17(9-12-19)23(29)32)18-10-13-20-21(16-18)28(6,7)15-14-27(20,4)5/h8-13,16,22H,14-15H2,1-7H3,(H2,29,32)(H,30,33)(H,31,34). The topological polar surface area (TPSA) is 111 Å². The molecule has 188 valence electrons. The van der Waals surface area contributed by atoms with Gasteiger partial charge >= 0.3 is 6.09 Å². The Morgan fingerprint density at radius 1 is 0.914 bits per heavy atom. The zero-order valence-electron chi connectivity index (χ0n) is 21.7. The van der Waals surface area contributed by atoms with Crippen molar-refractivity contribution in [2.45, 2.75) is 83.8 Å². The van der Waals surface area contributed by atoms with Crippen LogP contribution in [0.4, 0.5) is 10.5 Å². The molecule has 1 unspecified atom stereocenters. The van der Waals surface area contributed by atoms with Crippen LogP contribution in [0.15, 0.2) is 42.5 Å². The third-order valence-electron chi connectivity index (χ3n) is 6.57. The van der Waals surface area contributed by atoms with Gasteiger partial charge in [-0.3, -0.25) is 9.59 Å². The van der Waals surface area contributed by atoms with Gasteiger partial charge < -0.3 is 21.1 Å². The third kappa shape index (κ3) is 6.21. The second-order valence-corrected chi connectivity index (χ2v) is 11.6. The minimum Gasteiger partial charge on any atom is -0.444 e. The number of hydrogen-bond donors (Lipinski definition) is 3. The van der Waals surface area contributed by atoms with Crippen LogP contribution in [-0.4, -0.2) is 23.5 Å². The number of fused-ring (bicyclic) bond motifs is 1. The highest BCUT2D eigenvalue weighted by atomic mass is 16.6. The van der Waals surface area contributed by atoms with Gasteiger partial charge in [0, 0.05) is 11.3 Å². The van der Waals surface area contributed by atoms with Gasteiger partial charge in [0.25, 0.3) is 5.91 Å². The molecule has 1 atom stereocenters. The lowest BCUT2D eigenvalue weighted by atomic mass is 9.63. The lowest BCUT2D eigenvalue weighted by Gasteiger charge is -2.42. The summed E-state index contributed by atoms with van der Waals surface area (Å²) in [6.45, 7) is 14.2. The van der Waals surface area contributed by atoms with Crippen molar-refractivity contribution in [2.24, 2.45) is 5.73 Å². The van der Waals surface area contributed by atoms with Gasteiger partial charge in [0.1, 0.15) is 11.6 Å². The highest BCUT2D eigenvalue weighted by molar-refractivity contribution is 5.98. The molecule has 1 aliphatic carbocycles. The fourth-order valence-corrected chi connectivity index (χ4v) is 4.44. The largest absolute Gasteiger partial charge is 0.444 e. The normalized spacial score (nSPS) is 17.0. The minimum atomic E-state index is -0.980. The molecule has 0 bridgehead atoms. The van der Waals surface area contributed by atoms with Crippen molar-refractivity contribution < 1.29 is 19.1 Å². The molecule has 3 rings (SSSR count). The van der Waals surface area contributed by atoms with Gasteiger partial charge in [-0.15, -0.1) is 0 Å². The van der Waals surface area contributed by atoms with Gasteiger partial charge in [0.15, 0.2) is 0 Å². The van der Waals surface area contributed by atoms with E-state index >= 15 is 0 Å². The molecule has 0 heterocycles. The monoisotopic (exact) mass is 479 g/mol. The summed E-state index contributed by atoms with van der Waals surface area (Å²) in [6.07, 6.45) is 1.42. The van der Waals surface area contributed by atoms with Crippen molar-refractivity contribution >= 4 is 23.6 Å². The molecule has 0 aliphatic heterocycles. The van der Waals surface area contributed by atoms with E-state index < -0.39 is 29.6 Å². The maximum absolute atomic E-state index is 13.4. The van der Waals surface area contributed by atoms with Crippen LogP contribution < -0.4 is 16.4 Å². The molecule has 7 heteroatoms. The van der Waals surface area contributed by atoms with E-state index in [0.29, 0.717) is 16.8 Å². The number of carbonyl (C=O) groups excluding carboxylic acids is 3. The second kappa shape index (κ2) is 9.36. The maximum Gasteiger partial charge on any atom is 0.408 e. The Hall–Kier alpha value is -3.35. The lowest BCUT2D eigenvalue weighted by Crippen LogP contribution is -2.40. The van der Waals surface area contributed by atoms with Gasteiger partial charge in [-0.2, -0.15) is 0 Å². The first-order chi connectivity index (χ1) is 16.1. The number of benzene rings is 2. The SMILES string of the molecule is CC(C)(C)OC(=O)NC(C(=O)Nc1ccc(C(N)=O)cc1)c1ccc2c(c1)C(C)(C)CCC2(C)C. The molecule has 0 spiro atoms. The van der Waals surface area contributed by atoms with Gasteiger partial charge in [-0.05, 0) is 85.4 Å². The van der Waals surface area contributed by atoms with E-state index in [2.05, 4.69) is 44.4 Å². The van der Waals surface area contributed by atoms with Gasteiger partial charge in [-0.1, -0.05) is 45.9 Å². The number of carbonyl (C=O) groups is 3. The van der Waals surface area contributed by atoms with E-state index in [9.17, 15) is 14.4 Å². The molecular formula is C28H37N3O4. The molecule has 0 saturated carbocycles. The first kappa shape index (κ1) is 26.3. The van der Waals surface area contributed by atoms with Crippen molar-refractivity contribution in [3.63, 3.8) is 0 Å². The predicted molar refractivity (Wildman–Crippen MR) is 137 cm³/mol. The van der Waals surface area contributed by atoms with Gasteiger partial charge in [0.2, 0.25) is 5.91 Å². The molecule has 0 fully saturated rings. The van der Waals surface area contributed by atoms with Crippen molar-refractivity contribution in [2.75, 3.05) is 5.32 Å². The van der Waals surface area contributed by atoms with Gasteiger partial charge in [-0.25, -0.2) is 4.79 Å². The quantitative estimate of drug-likeness (QED) is 0.537. The van der Waals surface area contributed by atoms with Crippen LogP contribution in [0.3, 0.4) is 0 Å². The van der Waals surface area contributed by atoms with Gasteiger partial charge in [0.05, 0.1) is 0 Å². The highest BCUT2D eigenvalue weighted by Crippen LogP contribution is 2.46. The zero-order valence-corrected chi connectivity index (χ0v) is 21.7. The summed E-state index contributed by atoms with van der Waals surface area (Å²) in [6, 6.07) is 11.3. The number of alkyl carbamates (subject to hydrolysis) is 1. The van der Waals surface area contributed by atoms with Crippen LogP contribution in [0, 0.1) is 0 Å². The molecule has 7 nitrogen and oxygen atoms in total. The molecule has 3 amide bonds. The summed E-state index contributed by atoms with van der Waals surface area (Å²) in [5.41, 5.74) is 8.50. The van der Waals surface area contributed by atoms with E-state index in [1.165, 1.54) is 23.3 Å². The van der Waals surface area contributed by atoms with Crippen LogP contribution in [0.5, 0.6) is 0 Å². The molecule has 0 saturated heterocycles. The molecule has 35 heavy (non-hydrogen) atoms. The Kier molecular flexibility index (Phi) is 7.02. The van der Waals surface area contributed by atoms with E-state index in [1.54, 1.807) is 32.9 Å². The van der Waals surface area contributed by atoms with Crippen molar-refractivity contribution in [3.05, 3.63) is 64.7 Å². The number of hydrogen-bond acceptors (Lipinski definition) is 4. The first-order valence-corrected chi connectivity index (χ1v) is 11.9. The molecular weight excluding hydrogens is 442 g/mol. The Balaban J connectivity index is 1.97. The van der Waals surface area contributed by atoms with E-state index in [0.717, 1.165) is 12.8 Å². The average Bonchev–Trinajstić information content (AvgIpc) is 2.74. The Morgan fingerprint density at radius 2 is 1.49 bits per heavy atom. The Labute approximate surface area is 207 Å². The van der Waals surface area contributed by atoms with Crippen LogP contribution in [0.25, 0.3) is 0 Å². The molecule has 2 aromatic rings. The van der Waals surface area contributed by atoms with Crippen molar-refractivity contribution in [1.29, 1.82) is 0 Å². The number of nitrogens with one attached hydrogen (secondary N) is 2. The van der Waals surface area contributed by atoms with Crippen LogP contribution in [0.2, 0.25) is 0 Å². The Bertz CT molecular complexity index is 1130. The van der Waals surface area contributed by atoms with E-state index in [-0.39, 0.29) is 10.8 Å². The fraction of sp³-hybridized carbons (Fsp3) is 0.464.